The molecule has 6 heteroatoms. The Morgan fingerprint density at radius 3 is 2.50 bits per heavy atom. The van der Waals surface area contributed by atoms with Gasteiger partial charge in [0.15, 0.2) is 0 Å². The van der Waals surface area contributed by atoms with Gasteiger partial charge in [-0.05, 0) is 25.3 Å². The van der Waals surface area contributed by atoms with E-state index in [0.717, 1.165) is 0 Å². The average Bonchev–Trinajstić information content (AvgIpc) is 2.00. The van der Waals surface area contributed by atoms with Gasteiger partial charge >= 0.3 is 11.9 Å². The largest absolute Gasteiger partial charge is 0.477 e. The minimum absolute atomic E-state index is 0.189. The minimum atomic E-state index is -3.71. The number of hydrogen-bond acceptors (Lipinski definition) is 3. The van der Waals surface area contributed by atoms with E-state index in [-0.39, 0.29) is 12.0 Å². The Labute approximate surface area is 79.9 Å². The van der Waals surface area contributed by atoms with Crippen LogP contribution in [-0.4, -0.2) is 41.3 Å². The number of nitrogens with one attached hydrogen (secondary N) is 1. The lowest BCUT2D eigenvalue weighted by Crippen LogP contribution is -2.43. The van der Waals surface area contributed by atoms with Crippen LogP contribution in [0.1, 0.15) is 12.8 Å². The van der Waals surface area contributed by atoms with E-state index in [1.54, 1.807) is 0 Å². The number of aliphatic carboxylic acids is 1. The Bertz CT molecular complexity index is 217. The van der Waals surface area contributed by atoms with Crippen LogP contribution in [0.5, 0.6) is 0 Å². The molecule has 3 N–H and O–H groups in total. The summed E-state index contributed by atoms with van der Waals surface area (Å²) in [4.78, 5) is 10.0. The quantitative estimate of drug-likeness (QED) is 0.599. The number of halogens is 2. The molecule has 1 fully saturated rings. The molecule has 0 aromatic heterocycles. The first-order chi connectivity index (χ1) is 6.42. The molecule has 0 atom stereocenters. The zero-order valence-electron chi connectivity index (χ0n) is 7.54. The fourth-order valence-corrected chi connectivity index (χ4v) is 1.38. The highest BCUT2D eigenvalue weighted by Crippen LogP contribution is 2.26. The molecule has 0 aliphatic heterocycles. The lowest BCUT2D eigenvalue weighted by Gasteiger charge is -2.31. The van der Waals surface area contributed by atoms with E-state index >= 15 is 0 Å². The molecule has 0 radical (unpaired) electrons. The molecule has 0 heterocycles. The molecular weight excluding hydrogens is 196 g/mol. The lowest BCUT2D eigenvalue weighted by atomic mass is 9.82. The molecule has 0 spiro atoms. The molecule has 0 bridgehead atoms. The van der Waals surface area contributed by atoms with Crippen molar-refractivity contribution in [3.05, 3.63) is 0 Å². The maximum atomic E-state index is 12.5. The summed E-state index contributed by atoms with van der Waals surface area (Å²) < 4.78 is 25.0. The third-order valence-corrected chi connectivity index (χ3v) is 2.30. The van der Waals surface area contributed by atoms with Gasteiger partial charge in [-0.15, -0.1) is 0 Å². The van der Waals surface area contributed by atoms with Crippen LogP contribution in [0.3, 0.4) is 0 Å². The van der Waals surface area contributed by atoms with Crippen LogP contribution in [0.25, 0.3) is 0 Å². The van der Waals surface area contributed by atoms with Gasteiger partial charge in [-0.2, -0.15) is 8.78 Å². The molecule has 0 saturated heterocycles. The monoisotopic (exact) mass is 209 g/mol. The number of rotatable bonds is 5. The zero-order chi connectivity index (χ0) is 10.8. The Balaban J connectivity index is 2.12. The van der Waals surface area contributed by atoms with Gasteiger partial charge in [0.05, 0.1) is 12.6 Å². The Hall–Kier alpha value is -0.750. The smallest absolute Gasteiger partial charge is 0.375 e. The summed E-state index contributed by atoms with van der Waals surface area (Å²) in [7, 11) is 0. The molecule has 14 heavy (non-hydrogen) atoms. The van der Waals surface area contributed by atoms with Gasteiger partial charge in [0.25, 0.3) is 0 Å². The van der Waals surface area contributed by atoms with Crippen molar-refractivity contribution in [2.45, 2.75) is 24.9 Å². The van der Waals surface area contributed by atoms with E-state index in [4.69, 9.17) is 10.2 Å². The highest BCUT2D eigenvalue weighted by Gasteiger charge is 2.38. The van der Waals surface area contributed by atoms with Crippen molar-refractivity contribution in [1.29, 1.82) is 0 Å². The number of aliphatic hydroxyl groups is 1. The number of carboxylic acid groups (broad SMARTS) is 1. The fraction of sp³-hybridized carbons (Fsp3) is 0.875. The Kier molecular flexibility index (Phi) is 3.38. The molecule has 4 nitrogen and oxygen atoms in total. The topological polar surface area (TPSA) is 69.6 Å². The van der Waals surface area contributed by atoms with E-state index < -0.39 is 18.4 Å². The number of alkyl halides is 2. The van der Waals surface area contributed by atoms with E-state index in [0.29, 0.717) is 19.4 Å². The van der Waals surface area contributed by atoms with Gasteiger partial charge in [0.2, 0.25) is 0 Å². The predicted molar refractivity (Wildman–Crippen MR) is 44.2 cm³/mol. The second-order valence-corrected chi connectivity index (χ2v) is 3.63. The summed E-state index contributed by atoms with van der Waals surface area (Å²) in [5, 5.41) is 19.4. The van der Waals surface area contributed by atoms with Crippen LogP contribution in [0.2, 0.25) is 0 Å². The van der Waals surface area contributed by atoms with Crippen molar-refractivity contribution in [3.63, 3.8) is 0 Å². The molecule has 82 valence electrons. The van der Waals surface area contributed by atoms with Crippen LogP contribution in [0.4, 0.5) is 8.78 Å². The molecule has 0 aromatic carbocycles. The first-order valence-corrected chi connectivity index (χ1v) is 4.42. The first kappa shape index (κ1) is 11.3. The molecule has 1 rings (SSSR count). The summed E-state index contributed by atoms with van der Waals surface area (Å²) in [5.74, 6) is -5.63. The van der Waals surface area contributed by atoms with E-state index in [9.17, 15) is 13.6 Å². The summed E-state index contributed by atoms with van der Waals surface area (Å²) in [6.45, 7) is -0.519. The third kappa shape index (κ3) is 2.88. The van der Waals surface area contributed by atoms with E-state index in [1.807, 2.05) is 0 Å². The zero-order valence-corrected chi connectivity index (χ0v) is 7.54. The lowest BCUT2D eigenvalue weighted by molar-refractivity contribution is -0.164. The fourth-order valence-electron chi connectivity index (χ4n) is 1.38. The van der Waals surface area contributed by atoms with Crippen LogP contribution < -0.4 is 5.32 Å². The standard InChI is InChI=1S/C8H13F2NO3/c9-8(10,7(13)14)4-11-3-5-1-6(12)2-5/h5-6,11-12H,1-4H2,(H,13,14). The van der Waals surface area contributed by atoms with Gasteiger partial charge in [-0.3, -0.25) is 0 Å². The normalized spacial score (nSPS) is 27.1. The Morgan fingerprint density at radius 1 is 1.50 bits per heavy atom. The average molecular weight is 209 g/mol. The summed E-state index contributed by atoms with van der Waals surface area (Å²) in [6, 6.07) is 0. The third-order valence-electron chi connectivity index (χ3n) is 2.30. The van der Waals surface area contributed by atoms with Gasteiger partial charge in [0, 0.05) is 0 Å². The van der Waals surface area contributed by atoms with Crippen LogP contribution in [-0.2, 0) is 4.79 Å². The van der Waals surface area contributed by atoms with Crippen molar-refractivity contribution in [3.8, 4) is 0 Å². The van der Waals surface area contributed by atoms with Crippen molar-refractivity contribution in [2.24, 2.45) is 5.92 Å². The number of carbonyl (C=O) groups is 1. The highest BCUT2D eigenvalue weighted by atomic mass is 19.3. The van der Waals surface area contributed by atoms with E-state index in [1.165, 1.54) is 0 Å². The second-order valence-electron chi connectivity index (χ2n) is 3.63. The van der Waals surface area contributed by atoms with Gasteiger partial charge in [0.1, 0.15) is 0 Å². The summed E-state index contributed by atoms with van der Waals surface area (Å²) in [5.41, 5.74) is 0. The van der Waals surface area contributed by atoms with Crippen molar-refractivity contribution in [2.75, 3.05) is 13.1 Å². The van der Waals surface area contributed by atoms with Crippen LogP contribution >= 0.6 is 0 Å². The minimum Gasteiger partial charge on any atom is -0.477 e. The summed E-state index contributed by atoms with van der Waals surface area (Å²) in [6.07, 6.45) is 0.888. The maximum absolute atomic E-state index is 12.5. The van der Waals surface area contributed by atoms with Gasteiger partial charge < -0.3 is 15.5 Å². The Morgan fingerprint density at radius 2 is 2.07 bits per heavy atom. The first-order valence-electron chi connectivity index (χ1n) is 4.42. The molecule has 0 unspecified atom stereocenters. The summed E-state index contributed by atoms with van der Waals surface area (Å²) >= 11 is 0. The molecule has 1 aliphatic carbocycles. The van der Waals surface area contributed by atoms with E-state index in [2.05, 4.69) is 5.32 Å². The number of aliphatic hydroxyl groups excluding tert-OH is 1. The maximum Gasteiger partial charge on any atom is 0.375 e. The molecule has 1 aliphatic rings. The number of hydrogen-bond donors (Lipinski definition) is 3. The van der Waals surface area contributed by atoms with Crippen molar-refractivity contribution < 1.29 is 23.8 Å². The highest BCUT2D eigenvalue weighted by molar-refractivity contribution is 5.75. The van der Waals surface area contributed by atoms with Crippen LogP contribution in [0.15, 0.2) is 0 Å². The van der Waals surface area contributed by atoms with Crippen molar-refractivity contribution >= 4 is 5.97 Å². The number of carboxylic acids is 1. The second kappa shape index (κ2) is 4.18. The molecular formula is C8H13F2NO3. The van der Waals surface area contributed by atoms with Crippen LogP contribution in [0, 0.1) is 5.92 Å². The predicted octanol–water partition coefficient (Wildman–Crippen LogP) is 0.0668. The van der Waals surface area contributed by atoms with Gasteiger partial charge in [-0.1, -0.05) is 0 Å². The molecule has 0 aromatic rings. The van der Waals surface area contributed by atoms with Crippen molar-refractivity contribution in [1.82, 2.24) is 5.32 Å². The molecule has 1 saturated carbocycles. The molecule has 0 amide bonds. The van der Waals surface area contributed by atoms with Gasteiger partial charge in [-0.25, -0.2) is 4.79 Å². The SMILES string of the molecule is O=C(O)C(F)(F)CNCC1CC(O)C1.